The number of hydrogen-bond acceptors (Lipinski definition) is 3. The molecular formula is C14H26N2O3. The van der Waals surface area contributed by atoms with Gasteiger partial charge in [0.25, 0.3) is 0 Å². The SMILES string of the molecule is CCC(CO)NC(=O)CC(C)NC(=O)C1CCCC1. The molecule has 0 radical (unpaired) electrons. The Kier molecular flexibility index (Phi) is 6.84. The van der Waals surface area contributed by atoms with Gasteiger partial charge in [0, 0.05) is 18.4 Å². The van der Waals surface area contributed by atoms with Crippen molar-refractivity contribution in [3.8, 4) is 0 Å². The summed E-state index contributed by atoms with van der Waals surface area (Å²) in [7, 11) is 0. The van der Waals surface area contributed by atoms with Crippen LogP contribution in [0, 0.1) is 5.92 Å². The lowest BCUT2D eigenvalue weighted by Crippen LogP contribution is -2.43. The van der Waals surface area contributed by atoms with Crippen molar-refractivity contribution in [2.24, 2.45) is 5.92 Å². The van der Waals surface area contributed by atoms with Crippen LogP contribution >= 0.6 is 0 Å². The second kappa shape index (κ2) is 8.15. The molecule has 1 rings (SSSR count). The molecule has 5 heteroatoms. The summed E-state index contributed by atoms with van der Waals surface area (Å²) in [6, 6.07) is -0.352. The lowest BCUT2D eigenvalue weighted by molar-refractivity contribution is -0.126. The summed E-state index contributed by atoms with van der Waals surface area (Å²) >= 11 is 0. The van der Waals surface area contributed by atoms with Gasteiger partial charge < -0.3 is 15.7 Å². The van der Waals surface area contributed by atoms with E-state index < -0.39 is 0 Å². The molecule has 1 fully saturated rings. The summed E-state index contributed by atoms with van der Waals surface area (Å²) < 4.78 is 0. The van der Waals surface area contributed by atoms with E-state index in [1.54, 1.807) is 0 Å². The van der Waals surface area contributed by atoms with Gasteiger partial charge in [0.15, 0.2) is 0 Å². The largest absolute Gasteiger partial charge is 0.394 e. The molecule has 2 unspecified atom stereocenters. The van der Waals surface area contributed by atoms with Gasteiger partial charge in [-0.2, -0.15) is 0 Å². The minimum atomic E-state index is -0.190. The molecule has 1 aliphatic rings. The van der Waals surface area contributed by atoms with Crippen molar-refractivity contribution in [2.45, 2.75) is 64.5 Å². The lowest BCUT2D eigenvalue weighted by atomic mass is 10.1. The summed E-state index contributed by atoms with van der Waals surface area (Å²) in [6.07, 6.45) is 5.14. The van der Waals surface area contributed by atoms with E-state index in [9.17, 15) is 9.59 Å². The maximum Gasteiger partial charge on any atom is 0.223 e. The van der Waals surface area contributed by atoms with Gasteiger partial charge in [-0.15, -0.1) is 0 Å². The van der Waals surface area contributed by atoms with Gasteiger partial charge in [-0.25, -0.2) is 0 Å². The number of nitrogens with one attached hydrogen (secondary N) is 2. The quantitative estimate of drug-likeness (QED) is 0.644. The molecule has 0 heterocycles. The molecule has 2 atom stereocenters. The van der Waals surface area contributed by atoms with E-state index in [1.165, 1.54) is 0 Å². The van der Waals surface area contributed by atoms with Crippen LogP contribution in [-0.4, -0.2) is 35.6 Å². The van der Waals surface area contributed by atoms with Gasteiger partial charge in [0.1, 0.15) is 0 Å². The second-order valence-electron chi connectivity index (χ2n) is 5.45. The Bertz CT molecular complexity index is 297. The van der Waals surface area contributed by atoms with Gasteiger partial charge in [0.2, 0.25) is 11.8 Å². The Labute approximate surface area is 115 Å². The zero-order chi connectivity index (χ0) is 14.3. The van der Waals surface area contributed by atoms with Crippen LogP contribution in [0.1, 0.15) is 52.4 Å². The predicted molar refractivity (Wildman–Crippen MR) is 73.5 cm³/mol. The third-order valence-electron chi connectivity index (χ3n) is 3.68. The molecule has 5 nitrogen and oxygen atoms in total. The first-order valence-corrected chi connectivity index (χ1v) is 7.27. The van der Waals surface area contributed by atoms with E-state index in [2.05, 4.69) is 10.6 Å². The van der Waals surface area contributed by atoms with Crippen LogP contribution in [0.2, 0.25) is 0 Å². The maximum absolute atomic E-state index is 11.9. The normalized spacial score (nSPS) is 18.9. The van der Waals surface area contributed by atoms with Crippen LogP contribution in [0.4, 0.5) is 0 Å². The first-order valence-electron chi connectivity index (χ1n) is 7.27. The van der Waals surface area contributed by atoms with Crippen LogP contribution < -0.4 is 10.6 Å². The van der Waals surface area contributed by atoms with E-state index >= 15 is 0 Å². The van der Waals surface area contributed by atoms with Crippen molar-refractivity contribution in [1.82, 2.24) is 10.6 Å². The molecule has 0 aromatic rings. The Morgan fingerprint density at radius 3 is 2.42 bits per heavy atom. The molecule has 19 heavy (non-hydrogen) atoms. The van der Waals surface area contributed by atoms with E-state index in [0.717, 1.165) is 25.7 Å². The standard InChI is InChI=1S/C14H26N2O3/c1-3-12(9-17)16-13(18)8-10(2)15-14(19)11-6-4-5-7-11/h10-12,17H,3-9H2,1-2H3,(H,15,19)(H,16,18). The number of rotatable bonds is 7. The molecule has 0 aromatic carbocycles. The van der Waals surface area contributed by atoms with Gasteiger partial charge in [-0.1, -0.05) is 19.8 Å². The molecule has 2 amide bonds. The van der Waals surface area contributed by atoms with Crippen molar-refractivity contribution < 1.29 is 14.7 Å². The van der Waals surface area contributed by atoms with Gasteiger partial charge in [0.05, 0.1) is 12.6 Å². The number of carbonyl (C=O) groups is 2. The molecule has 0 bridgehead atoms. The maximum atomic E-state index is 11.9. The average molecular weight is 270 g/mol. The molecule has 1 aliphatic carbocycles. The number of carbonyl (C=O) groups excluding carboxylic acids is 2. The van der Waals surface area contributed by atoms with Gasteiger partial charge >= 0.3 is 0 Å². The first kappa shape index (κ1) is 16.0. The van der Waals surface area contributed by atoms with Gasteiger partial charge in [-0.05, 0) is 26.2 Å². The zero-order valence-electron chi connectivity index (χ0n) is 11.9. The van der Waals surface area contributed by atoms with E-state index in [-0.39, 0.29) is 42.8 Å². The van der Waals surface area contributed by atoms with E-state index in [0.29, 0.717) is 6.42 Å². The molecule has 1 saturated carbocycles. The second-order valence-corrected chi connectivity index (χ2v) is 5.45. The van der Waals surface area contributed by atoms with Crippen molar-refractivity contribution in [1.29, 1.82) is 0 Å². The summed E-state index contributed by atoms with van der Waals surface area (Å²) in [5, 5.41) is 14.7. The number of hydrogen-bond donors (Lipinski definition) is 3. The molecule has 0 saturated heterocycles. The summed E-state index contributed by atoms with van der Waals surface area (Å²) in [5.74, 6) is 0.0819. The molecule has 0 spiro atoms. The fourth-order valence-corrected chi connectivity index (χ4v) is 2.44. The first-order chi connectivity index (χ1) is 9.06. The summed E-state index contributed by atoms with van der Waals surface area (Å²) in [4.78, 5) is 23.6. The van der Waals surface area contributed by atoms with Crippen LogP contribution in [0.25, 0.3) is 0 Å². The monoisotopic (exact) mass is 270 g/mol. The highest BCUT2D eigenvalue weighted by Gasteiger charge is 2.24. The minimum absolute atomic E-state index is 0.0505. The third kappa shape index (κ3) is 5.59. The smallest absolute Gasteiger partial charge is 0.223 e. The van der Waals surface area contributed by atoms with Crippen molar-refractivity contribution in [3.05, 3.63) is 0 Å². The molecule has 3 N–H and O–H groups in total. The highest BCUT2D eigenvalue weighted by molar-refractivity contribution is 5.81. The Hall–Kier alpha value is -1.10. The van der Waals surface area contributed by atoms with Crippen LogP contribution in [0.3, 0.4) is 0 Å². The number of aliphatic hydroxyl groups is 1. The van der Waals surface area contributed by atoms with Crippen molar-refractivity contribution >= 4 is 11.8 Å². The van der Waals surface area contributed by atoms with E-state index in [4.69, 9.17) is 5.11 Å². The Balaban J connectivity index is 2.27. The number of aliphatic hydroxyl groups excluding tert-OH is 1. The zero-order valence-corrected chi connectivity index (χ0v) is 11.9. The molecule has 110 valence electrons. The Morgan fingerprint density at radius 2 is 1.89 bits per heavy atom. The Morgan fingerprint density at radius 1 is 1.26 bits per heavy atom. The third-order valence-corrected chi connectivity index (χ3v) is 3.68. The fourth-order valence-electron chi connectivity index (χ4n) is 2.44. The van der Waals surface area contributed by atoms with Crippen LogP contribution in [-0.2, 0) is 9.59 Å². The van der Waals surface area contributed by atoms with E-state index in [1.807, 2.05) is 13.8 Å². The highest BCUT2D eigenvalue weighted by atomic mass is 16.3. The van der Waals surface area contributed by atoms with Crippen LogP contribution in [0.15, 0.2) is 0 Å². The summed E-state index contributed by atoms with van der Waals surface area (Å²) in [5.41, 5.74) is 0. The van der Waals surface area contributed by atoms with Crippen molar-refractivity contribution in [3.63, 3.8) is 0 Å². The fraction of sp³-hybridized carbons (Fsp3) is 0.857. The average Bonchev–Trinajstić information content (AvgIpc) is 2.89. The highest BCUT2D eigenvalue weighted by Crippen LogP contribution is 2.24. The van der Waals surface area contributed by atoms with Gasteiger partial charge in [-0.3, -0.25) is 9.59 Å². The minimum Gasteiger partial charge on any atom is -0.394 e. The molecular weight excluding hydrogens is 244 g/mol. The van der Waals surface area contributed by atoms with Crippen LogP contribution in [0.5, 0.6) is 0 Å². The molecule has 0 aliphatic heterocycles. The number of amides is 2. The molecule has 0 aromatic heterocycles. The summed E-state index contributed by atoms with van der Waals surface area (Å²) in [6.45, 7) is 3.70. The predicted octanol–water partition coefficient (Wildman–Crippen LogP) is 0.958. The van der Waals surface area contributed by atoms with Crippen molar-refractivity contribution in [2.75, 3.05) is 6.61 Å². The lowest BCUT2D eigenvalue weighted by Gasteiger charge is -2.19. The topological polar surface area (TPSA) is 78.4 Å².